The number of anilines is 1. The predicted molar refractivity (Wildman–Crippen MR) is 136 cm³/mol. The summed E-state index contributed by atoms with van der Waals surface area (Å²) in [7, 11) is 0. The van der Waals surface area contributed by atoms with Crippen LogP contribution >= 0.6 is 27.7 Å². The molecule has 188 valence electrons. The highest BCUT2D eigenvalue weighted by Crippen LogP contribution is 2.26. The van der Waals surface area contributed by atoms with Gasteiger partial charge in [0.15, 0.2) is 0 Å². The van der Waals surface area contributed by atoms with E-state index in [1.165, 1.54) is 30.5 Å². The molecule has 0 aliphatic carbocycles. The number of rotatable bonds is 6. The summed E-state index contributed by atoms with van der Waals surface area (Å²) in [6.07, 6.45) is 1.29. The fourth-order valence-electron chi connectivity index (χ4n) is 3.74. The Balaban J connectivity index is 1.56. The van der Waals surface area contributed by atoms with Crippen LogP contribution in [0.15, 0.2) is 47.1 Å². The molecule has 0 spiro atoms. The Morgan fingerprint density at radius 1 is 1.19 bits per heavy atom. The normalized spacial score (nSPS) is 14.4. The SMILES string of the molecule is Nc1ncc(C(=O)N2CCSCC2)nc1-c1ccc(C(=O)N[C@H](CO)c2cc(F)cc(Br)c2)c(F)c1. The van der Waals surface area contributed by atoms with Crippen LogP contribution in [0.1, 0.15) is 32.5 Å². The number of aliphatic hydroxyl groups is 1. The lowest BCUT2D eigenvalue weighted by atomic mass is 10.0. The van der Waals surface area contributed by atoms with Gasteiger partial charge in [0.05, 0.1) is 24.4 Å². The van der Waals surface area contributed by atoms with Crippen LogP contribution in [0.2, 0.25) is 0 Å². The highest BCUT2D eigenvalue weighted by Gasteiger charge is 2.23. The Kier molecular flexibility index (Phi) is 8.17. The first-order valence-corrected chi connectivity index (χ1v) is 12.9. The number of benzene rings is 2. The van der Waals surface area contributed by atoms with Gasteiger partial charge in [-0.25, -0.2) is 18.7 Å². The van der Waals surface area contributed by atoms with Crippen molar-refractivity contribution in [3.8, 4) is 11.3 Å². The lowest BCUT2D eigenvalue weighted by molar-refractivity contribution is 0.0766. The molecule has 1 aliphatic rings. The molecule has 0 bridgehead atoms. The molecule has 0 unspecified atom stereocenters. The average Bonchev–Trinajstić information content (AvgIpc) is 2.86. The van der Waals surface area contributed by atoms with Crippen LogP contribution < -0.4 is 11.1 Å². The number of halogens is 3. The van der Waals surface area contributed by atoms with Gasteiger partial charge in [0.25, 0.3) is 11.8 Å². The van der Waals surface area contributed by atoms with Gasteiger partial charge in [0, 0.05) is 34.6 Å². The summed E-state index contributed by atoms with van der Waals surface area (Å²) in [6, 6.07) is 6.76. The van der Waals surface area contributed by atoms with E-state index in [0.29, 0.717) is 23.1 Å². The minimum atomic E-state index is -0.957. The number of aromatic nitrogens is 2. The number of amides is 2. The van der Waals surface area contributed by atoms with Crippen molar-refractivity contribution in [3.05, 3.63) is 75.5 Å². The molecule has 2 amide bonds. The summed E-state index contributed by atoms with van der Waals surface area (Å²) < 4.78 is 29.2. The topological polar surface area (TPSA) is 121 Å². The van der Waals surface area contributed by atoms with Crippen LogP contribution in [-0.4, -0.2) is 63.0 Å². The van der Waals surface area contributed by atoms with Crippen molar-refractivity contribution in [2.24, 2.45) is 0 Å². The van der Waals surface area contributed by atoms with Gasteiger partial charge in [-0.3, -0.25) is 9.59 Å². The summed E-state index contributed by atoms with van der Waals surface area (Å²) >= 11 is 4.93. The van der Waals surface area contributed by atoms with Crippen molar-refractivity contribution in [1.82, 2.24) is 20.2 Å². The first-order valence-electron chi connectivity index (χ1n) is 10.9. The quantitative estimate of drug-likeness (QED) is 0.410. The molecule has 0 radical (unpaired) electrons. The highest BCUT2D eigenvalue weighted by molar-refractivity contribution is 9.10. The van der Waals surface area contributed by atoms with Gasteiger partial charge in [0.1, 0.15) is 28.8 Å². The highest BCUT2D eigenvalue weighted by atomic mass is 79.9. The van der Waals surface area contributed by atoms with Gasteiger partial charge < -0.3 is 21.1 Å². The Morgan fingerprint density at radius 3 is 2.61 bits per heavy atom. The molecule has 2 heterocycles. The summed E-state index contributed by atoms with van der Waals surface area (Å²) in [5.41, 5.74) is 6.43. The number of nitrogen functional groups attached to an aromatic ring is 1. The van der Waals surface area contributed by atoms with E-state index in [1.807, 2.05) is 0 Å². The maximum atomic E-state index is 15.0. The molecule has 1 aromatic heterocycles. The van der Waals surface area contributed by atoms with E-state index >= 15 is 0 Å². The van der Waals surface area contributed by atoms with E-state index in [1.54, 1.807) is 22.7 Å². The van der Waals surface area contributed by atoms with E-state index < -0.39 is 30.2 Å². The van der Waals surface area contributed by atoms with Crippen LogP contribution in [-0.2, 0) is 0 Å². The van der Waals surface area contributed by atoms with Crippen LogP contribution in [0.25, 0.3) is 11.3 Å². The lowest BCUT2D eigenvalue weighted by Crippen LogP contribution is -2.38. The fraction of sp³-hybridized carbons (Fsp3) is 0.250. The van der Waals surface area contributed by atoms with Gasteiger partial charge in [-0.1, -0.05) is 22.0 Å². The van der Waals surface area contributed by atoms with E-state index in [2.05, 4.69) is 31.2 Å². The molecule has 2 aromatic carbocycles. The molecule has 1 fully saturated rings. The molecule has 1 saturated heterocycles. The third-order valence-corrected chi connectivity index (χ3v) is 6.98. The summed E-state index contributed by atoms with van der Waals surface area (Å²) in [5, 5.41) is 12.2. The number of aliphatic hydroxyl groups excluding tert-OH is 1. The predicted octanol–water partition coefficient (Wildman–Crippen LogP) is 3.42. The number of thioether (sulfide) groups is 1. The largest absolute Gasteiger partial charge is 0.394 e. The molecule has 4 rings (SSSR count). The number of carbonyl (C=O) groups is 2. The number of hydrogen-bond donors (Lipinski definition) is 3. The minimum absolute atomic E-state index is 0.00868. The standard InChI is InChI=1S/C24H22BrF2N5O3S/c25-15-7-14(8-16(26)10-15)20(12-33)31-23(34)17-2-1-13(9-18(17)27)21-22(28)29-11-19(30-21)24(35)32-3-5-36-6-4-32/h1-2,7-11,20,33H,3-6,12H2,(H2,28,29)(H,31,34)/t20-/m1/s1. The second-order valence-electron chi connectivity index (χ2n) is 8.00. The first-order chi connectivity index (χ1) is 17.3. The molecule has 1 aliphatic heterocycles. The van der Waals surface area contributed by atoms with Crippen molar-refractivity contribution in [2.45, 2.75) is 6.04 Å². The van der Waals surface area contributed by atoms with Gasteiger partial charge >= 0.3 is 0 Å². The summed E-state index contributed by atoms with van der Waals surface area (Å²) in [5.74, 6) is -0.820. The van der Waals surface area contributed by atoms with Crippen LogP contribution in [0.3, 0.4) is 0 Å². The molecule has 12 heteroatoms. The van der Waals surface area contributed by atoms with Crippen LogP contribution in [0, 0.1) is 11.6 Å². The van der Waals surface area contributed by atoms with Crippen molar-refractivity contribution in [3.63, 3.8) is 0 Å². The third-order valence-electron chi connectivity index (χ3n) is 5.58. The minimum Gasteiger partial charge on any atom is -0.394 e. The summed E-state index contributed by atoms with van der Waals surface area (Å²) in [4.78, 5) is 35.6. The number of nitrogens with one attached hydrogen (secondary N) is 1. The molecule has 8 nitrogen and oxygen atoms in total. The second-order valence-corrected chi connectivity index (χ2v) is 10.1. The molecular weight excluding hydrogens is 556 g/mol. The van der Waals surface area contributed by atoms with Crippen LogP contribution in [0.4, 0.5) is 14.6 Å². The van der Waals surface area contributed by atoms with Gasteiger partial charge in [-0.2, -0.15) is 11.8 Å². The Bertz CT molecular complexity index is 1290. The maximum Gasteiger partial charge on any atom is 0.274 e. The number of nitrogens with two attached hydrogens (primary N) is 1. The smallest absolute Gasteiger partial charge is 0.274 e. The first kappa shape index (κ1) is 26.0. The van der Waals surface area contributed by atoms with Gasteiger partial charge in [-0.15, -0.1) is 0 Å². The Morgan fingerprint density at radius 2 is 1.94 bits per heavy atom. The van der Waals surface area contributed by atoms with Crippen molar-refractivity contribution in [1.29, 1.82) is 0 Å². The summed E-state index contributed by atoms with van der Waals surface area (Å²) in [6.45, 7) is 0.680. The van der Waals surface area contributed by atoms with Gasteiger partial charge in [-0.05, 0) is 35.9 Å². The number of carbonyl (C=O) groups excluding carboxylic acids is 2. The Labute approximate surface area is 218 Å². The zero-order valence-electron chi connectivity index (χ0n) is 18.9. The van der Waals surface area contributed by atoms with Crippen molar-refractivity contribution in [2.75, 3.05) is 36.9 Å². The molecule has 1 atom stereocenters. The number of nitrogens with zero attached hydrogens (tertiary/aromatic N) is 3. The maximum absolute atomic E-state index is 15.0. The van der Waals surface area contributed by atoms with E-state index in [4.69, 9.17) is 5.73 Å². The average molecular weight is 578 g/mol. The third kappa shape index (κ3) is 5.82. The second kappa shape index (κ2) is 11.3. The lowest BCUT2D eigenvalue weighted by Gasteiger charge is -2.26. The van der Waals surface area contributed by atoms with Crippen LogP contribution in [0.5, 0.6) is 0 Å². The molecule has 36 heavy (non-hydrogen) atoms. The zero-order chi connectivity index (χ0) is 25.8. The molecule has 0 saturated carbocycles. The molecule has 4 N–H and O–H groups in total. The van der Waals surface area contributed by atoms with E-state index in [-0.39, 0.29) is 34.2 Å². The molecule has 3 aromatic rings. The zero-order valence-corrected chi connectivity index (χ0v) is 21.3. The van der Waals surface area contributed by atoms with Crippen molar-refractivity contribution < 1.29 is 23.5 Å². The van der Waals surface area contributed by atoms with E-state index in [0.717, 1.165) is 17.6 Å². The van der Waals surface area contributed by atoms with E-state index in [9.17, 15) is 23.5 Å². The fourth-order valence-corrected chi connectivity index (χ4v) is 5.12. The Hall–Kier alpha value is -3.09. The monoisotopic (exact) mass is 577 g/mol. The van der Waals surface area contributed by atoms with Gasteiger partial charge in [0.2, 0.25) is 0 Å². The molecular formula is C24H22BrF2N5O3S. The van der Waals surface area contributed by atoms with Crippen molar-refractivity contribution >= 4 is 45.3 Å². The number of hydrogen-bond acceptors (Lipinski definition) is 7.